The highest BCUT2D eigenvalue weighted by molar-refractivity contribution is 7.89. The first kappa shape index (κ1) is 17.5. The summed E-state index contributed by atoms with van der Waals surface area (Å²) in [5, 5.41) is 9.45. The first-order valence-corrected chi connectivity index (χ1v) is 8.20. The molecule has 0 aromatic heterocycles. The van der Waals surface area contributed by atoms with E-state index < -0.39 is 10.0 Å². The zero-order valence-electron chi connectivity index (χ0n) is 11.1. The van der Waals surface area contributed by atoms with E-state index >= 15 is 0 Å². The summed E-state index contributed by atoms with van der Waals surface area (Å²) in [4.78, 5) is -0.0475. The number of hydrogen-bond acceptors (Lipinski definition) is 3. The molecular formula is C13H17Cl2NO3S. The van der Waals surface area contributed by atoms with Gasteiger partial charge in [-0.05, 0) is 30.5 Å². The van der Waals surface area contributed by atoms with Crippen LogP contribution in [0.2, 0.25) is 10.0 Å². The molecule has 0 saturated heterocycles. The number of benzene rings is 1. The van der Waals surface area contributed by atoms with Crippen molar-refractivity contribution in [2.75, 3.05) is 13.6 Å². The maximum atomic E-state index is 12.4. The zero-order chi connectivity index (χ0) is 15.3. The lowest BCUT2D eigenvalue weighted by Gasteiger charge is -2.18. The van der Waals surface area contributed by atoms with Gasteiger partial charge in [0.1, 0.15) is 4.90 Å². The van der Waals surface area contributed by atoms with E-state index in [0.717, 1.165) is 6.42 Å². The van der Waals surface area contributed by atoms with E-state index in [1.807, 2.05) is 0 Å². The fraction of sp³-hybridized carbons (Fsp3) is 0.385. The fourth-order valence-corrected chi connectivity index (χ4v) is 3.67. The van der Waals surface area contributed by atoms with Crippen molar-refractivity contribution in [1.29, 1.82) is 0 Å². The number of unbranched alkanes of at least 4 members (excludes halogenated alkanes) is 1. The third-order valence-electron chi connectivity index (χ3n) is 2.84. The van der Waals surface area contributed by atoms with Gasteiger partial charge in [-0.2, -0.15) is 0 Å². The van der Waals surface area contributed by atoms with Crippen LogP contribution in [-0.4, -0.2) is 31.4 Å². The summed E-state index contributed by atoms with van der Waals surface area (Å²) in [7, 11) is -2.21. The molecule has 0 aliphatic rings. The highest BCUT2D eigenvalue weighted by atomic mass is 35.5. The molecule has 0 atom stereocenters. The highest BCUT2D eigenvalue weighted by Crippen LogP contribution is 2.30. The quantitative estimate of drug-likeness (QED) is 0.614. The molecule has 1 aromatic rings. The minimum absolute atomic E-state index is 0.0442. The Labute approximate surface area is 129 Å². The minimum atomic E-state index is -3.70. The summed E-state index contributed by atoms with van der Waals surface area (Å²) in [5.41, 5.74) is 0.328. The van der Waals surface area contributed by atoms with Gasteiger partial charge in [-0.3, -0.25) is 0 Å². The monoisotopic (exact) mass is 337 g/mol. The Morgan fingerprint density at radius 1 is 1.35 bits per heavy atom. The van der Waals surface area contributed by atoms with Gasteiger partial charge in [0.05, 0.1) is 11.6 Å². The van der Waals surface area contributed by atoms with Gasteiger partial charge in [0.2, 0.25) is 10.0 Å². The maximum Gasteiger partial charge on any atom is 0.244 e. The van der Waals surface area contributed by atoms with Crippen LogP contribution in [0.3, 0.4) is 0 Å². The largest absolute Gasteiger partial charge is 0.392 e. The molecule has 0 radical (unpaired) electrons. The summed E-state index contributed by atoms with van der Waals surface area (Å²) in [6, 6.07) is 2.64. The lowest BCUT2D eigenvalue weighted by molar-refractivity contribution is 0.281. The second-order valence-corrected chi connectivity index (χ2v) is 7.12. The standard InChI is InChI=1S/C13H17Cl2NO3S/c1-3-4-5-6-16(2)20(18,19)13-7-10(9-17)11(14)8-12(13)15/h3,7-8,17H,1,4-6,9H2,2H3. The predicted molar refractivity (Wildman–Crippen MR) is 81.6 cm³/mol. The topological polar surface area (TPSA) is 57.6 Å². The molecule has 7 heteroatoms. The van der Waals surface area contributed by atoms with E-state index in [1.165, 1.54) is 23.5 Å². The van der Waals surface area contributed by atoms with Crippen LogP contribution in [0.1, 0.15) is 18.4 Å². The fourth-order valence-electron chi connectivity index (χ4n) is 1.64. The molecule has 0 aliphatic carbocycles. The normalized spacial score (nSPS) is 11.8. The Bertz CT molecular complexity index is 588. The van der Waals surface area contributed by atoms with E-state index in [0.29, 0.717) is 18.5 Å². The zero-order valence-corrected chi connectivity index (χ0v) is 13.5. The number of rotatable bonds is 7. The summed E-state index contributed by atoms with van der Waals surface area (Å²) in [6.07, 6.45) is 3.15. The smallest absolute Gasteiger partial charge is 0.244 e. The van der Waals surface area contributed by atoms with Gasteiger partial charge in [-0.1, -0.05) is 29.3 Å². The molecule has 0 saturated carbocycles. The molecule has 0 aliphatic heterocycles. The first-order chi connectivity index (χ1) is 9.34. The SMILES string of the molecule is C=CCCCN(C)S(=O)(=O)c1cc(CO)c(Cl)cc1Cl. The molecule has 1 aromatic carbocycles. The number of nitrogens with zero attached hydrogens (tertiary/aromatic N) is 1. The second kappa shape index (κ2) is 7.43. The van der Waals surface area contributed by atoms with Crippen LogP contribution in [0.5, 0.6) is 0 Å². The molecule has 0 spiro atoms. The van der Waals surface area contributed by atoms with Crippen LogP contribution in [0.15, 0.2) is 29.7 Å². The summed E-state index contributed by atoms with van der Waals surface area (Å²) in [6.45, 7) is 3.61. The lowest BCUT2D eigenvalue weighted by Crippen LogP contribution is -2.28. The third-order valence-corrected chi connectivity index (χ3v) is 5.51. The van der Waals surface area contributed by atoms with Crippen molar-refractivity contribution in [3.05, 3.63) is 40.4 Å². The molecule has 0 fully saturated rings. The maximum absolute atomic E-state index is 12.4. The van der Waals surface area contributed by atoms with Gasteiger partial charge in [-0.15, -0.1) is 6.58 Å². The number of sulfonamides is 1. The van der Waals surface area contributed by atoms with Crippen LogP contribution in [0, 0.1) is 0 Å². The molecule has 4 nitrogen and oxygen atoms in total. The third kappa shape index (κ3) is 3.96. The lowest BCUT2D eigenvalue weighted by atomic mass is 10.2. The highest BCUT2D eigenvalue weighted by Gasteiger charge is 2.24. The van der Waals surface area contributed by atoms with Crippen molar-refractivity contribution < 1.29 is 13.5 Å². The van der Waals surface area contributed by atoms with E-state index in [2.05, 4.69) is 6.58 Å². The average Bonchev–Trinajstić information content (AvgIpc) is 2.38. The Kier molecular flexibility index (Phi) is 6.48. The minimum Gasteiger partial charge on any atom is -0.392 e. The van der Waals surface area contributed by atoms with E-state index in [1.54, 1.807) is 6.08 Å². The average molecular weight is 338 g/mol. The van der Waals surface area contributed by atoms with Crippen LogP contribution < -0.4 is 0 Å². The Hall–Kier alpha value is -0.590. The van der Waals surface area contributed by atoms with Gasteiger partial charge >= 0.3 is 0 Å². The second-order valence-electron chi connectivity index (χ2n) is 4.29. The number of aliphatic hydroxyl groups excluding tert-OH is 1. The molecule has 112 valence electrons. The van der Waals surface area contributed by atoms with Gasteiger partial charge in [-0.25, -0.2) is 12.7 Å². The van der Waals surface area contributed by atoms with E-state index in [-0.39, 0.29) is 21.5 Å². The van der Waals surface area contributed by atoms with Crippen molar-refractivity contribution in [2.24, 2.45) is 0 Å². The molecule has 1 N–H and O–H groups in total. The molecular weight excluding hydrogens is 321 g/mol. The van der Waals surface area contributed by atoms with E-state index in [4.69, 9.17) is 28.3 Å². The Balaban J connectivity index is 3.11. The van der Waals surface area contributed by atoms with E-state index in [9.17, 15) is 8.42 Å². The number of hydrogen-bond donors (Lipinski definition) is 1. The van der Waals surface area contributed by atoms with Crippen molar-refractivity contribution >= 4 is 33.2 Å². The Morgan fingerprint density at radius 3 is 2.55 bits per heavy atom. The van der Waals surface area contributed by atoms with Crippen LogP contribution >= 0.6 is 23.2 Å². The van der Waals surface area contributed by atoms with Gasteiger partial charge in [0.15, 0.2) is 0 Å². The molecule has 0 amide bonds. The molecule has 20 heavy (non-hydrogen) atoms. The Morgan fingerprint density at radius 2 is 2.00 bits per heavy atom. The van der Waals surface area contributed by atoms with Crippen molar-refractivity contribution in [3.63, 3.8) is 0 Å². The van der Waals surface area contributed by atoms with Gasteiger partial charge in [0.25, 0.3) is 0 Å². The summed E-state index contributed by atoms with van der Waals surface area (Å²) < 4.78 is 26.1. The van der Waals surface area contributed by atoms with Crippen molar-refractivity contribution in [1.82, 2.24) is 4.31 Å². The molecule has 1 rings (SSSR count). The number of halogens is 2. The van der Waals surface area contributed by atoms with Crippen molar-refractivity contribution in [2.45, 2.75) is 24.3 Å². The summed E-state index contributed by atoms with van der Waals surface area (Å²) >= 11 is 11.8. The van der Waals surface area contributed by atoms with Gasteiger partial charge in [0, 0.05) is 18.6 Å². The van der Waals surface area contributed by atoms with Gasteiger partial charge < -0.3 is 5.11 Å². The predicted octanol–water partition coefficient (Wildman–Crippen LogP) is 3.07. The van der Waals surface area contributed by atoms with Crippen LogP contribution in [-0.2, 0) is 16.6 Å². The van der Waals surface area contributed by atoms with Crippen LogP contribution in [0.4, 0.5) is 0 Å². The van der Waals surface area contributed by atoms with Crippen LogP contribution in [0.25, 0.3) is 0 Å². The molecule has 0 bridgehead atoms. The number of allylic oxidation sites excluding steroid dienone is 1. The molecule has 0 unspecified atom stereocenters. The van der Waals surface area contributed by atoms with Crippen molar-refractivity contribution in [3.8, 4) is 0 Å². The first-order valence-electron chi connectivity index (χ1n) is 6.00. The summed E-state index contributed by atoms with van der Waals surface area (Å²) in [5.74, 6) is 0. The molecule has 0 heterocycles. The number of aliphatic hydroxyl groups is 1.